The normalized spacial score (nSPS) is 12.1. The number of hydrogen-bond donors (Lipinski definition) is 1. The van der Waals surface area contributed by atoms with Crippen molar-refractivity contribution in [3.63, 3.8) is 0 Å². The summed E-state index contributed by atoms with van der Waals surface area (Å²) in [5.41, 5.74) is 2.44. The number of rotatable bonds is 7. The Hall–Kier alpha value is -1.51. The smallest absolute Gasteiger partial charge is 0.123 e. The molecule has 2 rings (SSSR count). The fraction of sp³-hybridized carbons (Fsp3) is 0.333. The van der Waals surface area contributed by atoms with E-state index in [1.54, 1.807) is 0 Å². The Balaban J connectivity index is 1.90. The maximum Gasteiger partial charge on any atom is 0.123 e. The van der Waals surface area contributed by atoms with Crippen LogP contribution >= 0.6 is 11.6 Å². The van der Waals surface area contributed by atoms with Crippen LogP contribution in [0.25, 0.3) is 0 Å². The van der Waals surface area contributed by atoms with E-state index in [2.05, 4.69) is 24.4 Å². The van der Waals surface area contributed by atoms with E-state index in [0.29, 0.717) is 12.6 Å². The number of halogens is 1. The lowest BCUT2D eigenvalue weighted by molar-refractivity contribution is 0.334. The minimum Gasteiger partial charge on any atom is -0.494 e. The minimum atomic E-state index is 0.373. The first-order valence-electron chi connectivity index (χ1n) is 7.37. The predicted octanol–water partition coefficient (Wildman–Crippen LogP) is 4.46. The number of benzene rings is 2. The van der Waals surface area contributed by atoms with Crippen molar-refractivity contribution >= 4 is 11.6 Å². The molecular formula is C18H22ClNO. The quantitative estimate of drug-likeness (QED) is 0.815. The van der Waals surface area contributed by atoms with Crippen molar-refractivity contribution in [1.29, 1.82) is 0 Å². The highest BCUT2D eigenvalue weighted by molar-refractivity contribution is 6.30. The molecule has 0 spiro atoms. The van der Waals surface area contributed by atoms with Crippen molar-refractivity contribution < 1.29 is 4.74 Å². The Morgan fingerprint density at radius 2 is 1.95 bits per heavy atom. The van der Waals surface area contributed by atoms with Crippen molar-refractivity contribution in [3.8, 4) is 5.75 Å². The van der Waals surface area contributed by atoms with Crippen LogP contribution in [0, 0.1) is 0 Å². The molecule has 1 atom stereocenters. The Morgan fingerprint density at radius 1 is 1.14 bits per heavy atom. The van der Waals surface area contributed by atoms with Gasteiger partial charge in [0.2, 0.25) is 0 Å². The molecule has 0 aliphatic heterocycles. The Bertz CT molecular complexity index is 571. The van der Waals surface area contributed by atoms with E-state index in [4.69, 9.17) is 16.3 Å². The summed E-state index contributed by atoms with van der Waals surface area (Å²) < 4.78 is 5.65. The first kappa shape index (κ1) is 15.9. The zero-order valence-electron chi connectivity index (χ0n) is 12.6. The molecule has 2 nitrogen and oxygen atoms in total. The summed E-state index contributed by atoms with van der Waals surface area (Å²) in [5, 5.41) is 4.34. The second-order valence-electron chi connectivity index (χ2n) is 5.16. The van der Waals surface area contributed by atoms with Gasteiger partial charge in [-0.05, 0) is 44.0 Å². The fourth-order valence-electron chi connectivity index (χ4n) is 2.32. The summed E-state index contributed by atoms with van der Waals surface area (Å²) in [4.78, 5) is 0. The molecule has 3 heteroatoms. The van der Waals surface area contributed by atoms with Crippen molar-refractivity contribution in [2.75, 3.05) is 6.61 Å². The summed E-state index contributed by atoms with van der Waals surface area (Å²) in [6.45, 7) is 5.68. The predicted molar refractivity (Wildman–Crippen MR) is 89.1 cm³/mol. The SMILES string of the molecule is CCOc1ccccc1CNC(C)Cc1cccc(Cl)c1. The van der Waals surface area contributed by atoms with Gasteiger partial charge in [0.1, 0.15) is 5.75 Å². The van der Waals surface area contributed by atoms with Crippen LogP contribution in [0.4, 0.5) is 0 Å². The van der Waals surface area contributed by atoms with Gasteiger partial charge in [0, 0.05) is 23.2 Å². The van der Waals surface area contributed by atoms with E-state index >= 15 is 0 Å². The van der Waals surface area contributed by atoms with E-state index in [0.717, 1.165) is 23.7 Å². The molecule has 0 amide bonds. The van der Waals surface area contributed by atoms with E-state index in [-0.39, 0.29) is 0 Å². The molecule has 2 aromatic carbocycles. The van der Waals surface area contributed by atoms with Gasteiger partial charge in [-0.1, -0.05) is 41.9 Å². The molecule has 0 heterocycles. The molecule has 0 aromatic heterocycles. The molecular weight excluding hydrogens is 282 g/mol. The first-order valence-corrected chi connectivity index (χ1v) is 7.75. The maximum atomic E-state index is 6.02. The summed E-state index contributed by atoms with van der Waals surface area (Å²) in [7, 11) is 0. The van der Waals surface area contributed by atoms with Crippen molar-refractivity contribution in [1.82, 2.24) is 5.32 Å². The second kappa shape index (κ2) is 8.06. The van der Waals surface area contributed by atoms with Gasteiger partial charge in [-0.15, -0.1) is 0 Å². The van der Waals surface area contributed by atoms with Crippen LogP contribution in [0.5, 0.6) is 5.75 Å². The van der Waals surface area contributed by atoms with E-state index in [1.807, 2.05) is 43.3 Å². The van der Waals surface area contributed by atoms with Crippen LogP contribution in [0.3, 0.4) is 0 Å². The lowest BCUT2D eigenvalue weighted by Gasteiger charge is -2.16. The molecule has 0 saturated carbocycles. The zero-order valence-corrected chi connectivity index (χ0v) is 13.4. The van der Waals surface area contributed by atoms with Gasteiger partial charge in [-0.2, -0.15) is 0 Å². The van der Waals surface area contributed by atoms with Gasteiger partial charge >= 0.3 is 0 Å². The first-order chi connectivity index (χ1) is 10.2. The highest BCUT2D eigenvalue weighted by Gasteiger charge is 2.06. The Morgan fingerprint density at radius 3 is 2.71 bits per heavy atom. The fourth-order valence-corrected chi connectivity index (χ4v) is 2.53. The topological polar surface area (TPSA) is 21.3 Å². The van der Waals surface area contributed by atoms with Crippen molar-refractivity contribution in [3.05, 3.63) is 64.7 Å². The third kappa shape index (κ3) is 5.07. The van der Waals surface area contributed by atoms with Crippen molar-refractivity contribution in [2.45, 2.75) is 32.9 Å². The largest absolute Gasteiger partial charge is 0.494 e. The lowest BCUT2D eigenvalue weighted by atomic mass is 10.1. The summed E-state index contributed by atoms with van der Waals surface area (Å²) >= 11 is 6.02. The van der Waals surface area contributed by atoms with Gasteiger partial charge in [-0.3, -0.25) is 0 Å². The molecule has 0 radical (unpaired) electrons. The number of para-hydroxylation sites is 1. The van der Waals surface area contributed by atoms with Crippen LogP contribution in [0.2, 0.25) is 5.02 Å². The number of hydrogen-bond acceptors (Lipinski definition) is 2. The molecule has 0 saturated heterocycles. The molecule has 0 fully saturated rings. The highest BCUT2D eigenvalue weighted by atomic mass is 35.5. The summed E-state index contributed by atoms with van der Waals surface area (Å²) in [5.74, 6) is 0.961. The van der Waals surface area contributed by atoms with Crippen LogP contribution in [-0.2, 0) is 13.0 Å². The second-order valence-corrected chi connectivity index (χ2v) is 5.59. The molecule has 112 valence electrons. The van der Waals surface area contributed by atoms with Crippen LogP contribution in [0.1, 0.15) is 25.0 Å². The lowest BCUT2D eigenvalue weighted by Crippen LogP contribution is -2.27. The van der Waals surface area contributed by atoms with Crippen molar-refractivity contribution in [2.24, 2.45) is 0 Å². The van der Waals surface area contributed by atoms with E-state index in [1.165, 1.54) is 11.1 Å². The average molecular weight is 304 g/mol. The van der Waals surface area contributed by atoms with Gasteiger partial charge < -0.3 is 10.1 Å². The third-order valence-corrected chi connectivity index (χ3v) is 3.58. The Kier molecular flexibility index (Phi) is 6.09. The molecule has 2 aromatic rings. The monoisotopic (exact) mass is 303 g/mol. The van der Waals surface area contributed by atoms with E-state index < -0.39 is 0 Å². The molecule has 0 bridgehead atoms. The van der Waals surface area contributed by atoms with Gasteiger partial charge in [-0.25, -0.2) is 0 Å². The molecule has 21 heavy (non-hydrogen) atoms. The molecule has 0 aliphatic carbocycles. The minimum absolute atomic E-state index is 0.373. The highest BCUT2D eigenvalue weighted by Crippen LogP contribution is 2.18. The zero-order chi connectivity index (χ0) is 15.1. The maximum absolute atomic E-state index is 6.02. The molecule has 0 aliphatic rings. The molecule has 1 unspecified atom stereocenters. The number of ether oxygens (including phenoxy) is 1. The van der Waals surface area contributed by atoms with Crippen LogP contribution < -0.4 is 10.1 Å². The average Bonchev–Trinajstić information content (AvgIpc) is 2.47. The van der Waals surface area contributed by atoms with Crippen LogP contribution in [-0.4, -0.2) is 12.6 Å². The van der Waals surface area contributed by atoms with Gasteiger partial charge in [0.25, 0.3) is 0 Å². The Labute approximate surface area is 132 Å². The molecule has 1 N–H and O–H groups in total. The summed E-state index contributed by atoms with van der Waals surface area (Å²) in [6, 6.07) is 16.6. The number of nitrogens with one attached hydrogen (secondary N) is 1. The van der Waals surface area contributed by atoms with Gasteiger partial charge in [0.15, 0.2) is 0 Å². The standard InChI is InChI=1S/C18H22ClNO/c1-3-21-18-10-5-4-8-16(18)13-20-14(2)11-15-7-6-9-17(19)12-15/h4-10,12,14,20H,3,11,13H2,1-2H3. The third-order valence-electron chi connectivity index (χ3n) is 3.34. The van der Waals surface area contributed by atoms with Gasteiger partial charge in [0.05, 0.1) is 6.61 Å². The van der Waals surface area contributed by atoms with E-state index in [9.17, 15) is 0 Å². The summed E-state index contributed by atoms with van der Waals surface area (Å²) in [6.07, 6.45) is 0.956. The van der Waals surface area contributed by atoms with Crippen LogP contribution in [0.15, 0.2) is 48.5 Å².